The van der Waals surface area contributed by atoms with Gasteiger partial charge in [-0.05, 0) is 48.6 Å². The molecule has 2 aliphatic rings. The van der Waals surface area contributed by atoms with Gasteiger partial charge < -0.3 is 9.80 Å². The Bertz CT molecular complexity index is 1020. The van der Waals surface area contributed by atoms with Gasteiger partial charge >= 0.3 is 0 Å². The molecule has 2 saturated heterocycles. The Balaban J connectivity index is 1.52. The van der Waals surface area contributed by atoms with Crippen LogP contribution < -0.4 is 0 Å². The zero-order valence-corrected chi connectivity index (χ0v) is 17.3. The van der Waals surface area contributed by atoms with E-state index in [4.69, 9.17) is 4.99 Å². The molecule has 3 aromatic rings. The number of hydrogen-bond acceptors (Lipinski definition) is 1. The first-order valence-electron chi connectivity index (χ1n) is 10.9. The van der Waals surface area contributed by atoms with E-state index in [2.05, 4.69) is 96.4 Å². The maximum Gasteiger partial charge on any atom is 0.198 e. The monoisotopic (exact) mass is 383 g/mol. The van der Waals surface area contributed by atoms with E-state index >= 15 is 0 Å². The van der Waals surface area contributed by atoms with E-state index in [1.54, 1.807) is 0 Å². The molecule has 2 heterocycles. The first kappa shape index (κ1) is 18.2. The number of fused-ring (bicyclic) bond motifs is 2. The van der Waals surface area contributed by atoms with Crippen LogP contribution in [0.2, 0.25) is 0 Å². The summed E-state index contributed by atoms with van der Waals surface area (Å²) in [6.07, 6.45) is 2.56. The lowest BCUT2D eigenvalue weighted by Gasteiger charge is -2.29. The van der Waals surface area contributed by atoms with Gasteiger partial charge in [0.1, 0.15) is 0 Å². The lowest BCUT2D eigenvalue weighted by Crippen LogP contribution is -2.35. The van der Waals surface area contributed by atoms with Crippen molar-refractivity contribution in [3.63, 3.8) is 0 Å². The molecular formula is C26H29N3. The third-order valence-electron chi connectivity index (χ3n) is 6.63. The average molecular weight is 384 g/mol. The molecule has 0 bridgehead atoms. The Morgan fingerprint density at radius 1 is 0.897 bits per heavy atom. The highest BCUT2D eigenvalue weighted by atomic mass is 15.5. The molecule has 29 heavy (non-hydrogen) atoms. The molecule has 5 rings (SSSR count). The quantitative estimate of drug-likeness (QED) is 0.567. The highest BCUT2D eigenvalue weighted by Gasteiger charge is 2.40. The second-order valence-electron chi connectivity index (χ2n) is 8.40. The summed E-state index contributed by atoms with van der Waals surface area (Å²) >= 11 is 0. The molecule has 3 heteroatoms. The molecular weight excluding hydrogens is 354 g/mol. The molecule has 0 aliphatic carbocycles. The summed E-state index contributed by atoms with van der Waals surface area (Å²) in [5.41, 5.74) is 2.67. The van der Waals surface area contributed by atoms with Crippen LogP contribution in [0.4, 0.5) is 0 Å². The molecule has 0 aromatic heterocycles. The Kier molecular flexibility index (Phi) is 4.75. The van der Waals surface area contributed by atoms with Crippen LogP contribution in [0.1, 0.15) is 49.9 Å². The lowest BCUT2D eigenvalue weighted by molar-refractivity contribution is 0.345. The Morgan fingerprint density at radius 2 is 1.66 bits per heavy atom. The van der Waals surface area contributed by atoms with Crippen LogP contribution in [-0.4, -0.2) is 34.9 Å². The molecule has 0 spiro atoms. The third kappa shape index (κ3) is 3.29. The average Bonchev–Trinajstić information content (AvgIpc) is 3.36. The molecule has 0 saturated carbocycles. The third-order valence-corrected chi connectivity index (χ3v) is 6.63. The van der Waals surface area contributed by atoms with Gasteiger partial charge in [-0.25, -0.2) is 4.99 Å². The fourth-order valence-corrected chi connectivity index (χ4v) is 5.01. The molecule has 0 unspecified atom stereocenters. The number of aliphatic imine (C=N–C) groups is 1. The fraction of sp³-hybridized carbons (Fsp3) is 0.346. The maximum absolute atomic E-state index is 5.34. The van der Waals surface area contributed by atoms with Crippen molar-refractivity contribution in [2.75, 3.05) is 13.1 Å². The van der Waals surface area contributed by atoms with Crippen molar-refractivity contribution < 1.29 is 0 Å². The lowest BCUT2D eigenvalue weighted by atomic mass is 10.00. The van der Waals surface area contributed by atoms with E-state index in [0.29, 0.717) is 12.1 Å². The van der Waals surface area contributed by atoms with E-state index in [0.717, 1.165) is 13.1 Å². The Hall–Kier alpha value is -2.81. The van der Waals surface area contributed by atoms with Gasteiger partial charge in [0.25, 0.3) is 0 Å². The van der Waals surface area contributed by atoms with Crippen LogP contribution in [0.5, 0.6) is 0 Å². The van der Waals surface area contributed by atoms with Gasteiger partial charge in [-0.1, -0.05) is 72.8 Å². The van der Waals surface area contributed by atoms with Gasteiger partial charge in [0, 0.05) is 19.1 Å². The van der Waals surface area contributed by atoms with Gasteiger partial charge in [0.15, 0.2) is 5.96 Å². The van der Waals surface area contributed by atoms with Crippen LogP contribution in [0.3, 0.4) is 0 Å². The molecule has 2 aliphatic heterocycles. The summed E-state index contributed by atoms with van der Waals surface area (Å²) in [5.74, 6) is 1.18. The van der Waals surface area contributed by atoms with Crippen LogP contribution >= 0.6 is 0 Å². The summed E-state index contributed by atoms with van der Waals surface area (Å²) in [5, 5.41) is 2.60. The van der Waals surface area contributed by atoms with Crippen LogP contribution in [0, 0.1) is 0 Å². The number of nitrogens with zero attached hydrogens (tertiary/aromatic N) is 3. The van der Waals surface area contributed by atoms with E-state index in [1.807, 2.05) is 0 Å². The zero-order chi connectivity index (χ0) is 19.8. The largest absolute Gasteiger partial charge is 0.338 e. The van der Waals surface area contributed by atoms with Crippen molar-refractivity contribution >= 4 is 16.7 Å². The minimum atomic E-state index is 0.126. The maximum atomic E-state index is 5.34. The first-order chi connectivity index (χ1) is 14.2. The highest BCUT2D eigenvalue weighted by molar-refractivity contribution is 5.87. The van der Waals surface area contributed by atoms with E-state index in [9.17, 15) is 0 Å². The number of guanidine groups is 1. The van der Waals surface area contributed by atoms with Crippen LogP contribution in [0.25, 0.3) is 10.8 Å². The van der Waals surface area contributed by atoms with Gasteiger partial charge in [0.2, 0.25) is 0 Å². The van der Waals surface area contributed by atoms with Crippen LogP contribution in [0.15, 0.2) is 77.8 Å². The van der Waals surface area contributed by atoms with Crippen molar-refractivity contribution in [2.24, 2.45) is 4.99 Å². The standard InChI is InChI=1S/C26H29N3/c1-19(24-16-8-13-22-12-6-7-15-25(22)24)27-26-28-17-9-14-23(28)18-29(26)20(2)21-10-4-3-5-11-21/h3-8,10-13,15-16,19-20,23H,9,14,17-18H2,1-2H3/t19-,20-,23-/m0/s1. The van der Waals surface area contributed by atoms with Crippen molar-refractivity contribution in [3.8, 4) is 0 Å². The highest BCUT2D eigenvalue weighted by Crippen LogP contribution is 2.35. The molecule has 3 aromatic carbocycles. The normalized spacial score (nSPS) is 22.3. The first-order valence-corrected chi connectivity index (χ1v) is 10.9. The van der Waals surface area contributed by atoms with Gasteiger partial charge in [-0.3, -0.25) is 0 Å². The van der Waals surface area contributed by atoms with E-state index in [1.165, 1.54) is 40.7 Å². The summed E-state index contributed by atoms with van der Waals surface area (Å²) in [7, 11) is 0. The van der Waals surface area contributed by atoms with Gasteiger partial charge in [-0.2, -0.15) is 0 Å². The van der Waals surface area contributed by atoms with E-state index < -0.39 is 0 Å². The van der Waals surface area contributed by atoms with Crippen LogP contribution in [-0.2, 0) is 0 Å². The molecule has 0 radical (unpaired) electrons. The molecule has 2 fully saturated rings. The molecule has 148 valence electrons. The Labute approximate surface area is 173 Å². The topological polar surface area (TPSA) is 18.8 Å². The number of benzene rings is 3. The predicted molar refractivity (Wildman–Crippen MR) is 121 cm³/mol. The van der Waals surface area contributed by atoms with Crippen molar-refractivity contribution in [1.82, 2.24) is 9.80 Å². The smallest absolute Gasteiger partial charge is 0.198 e. The summed E-state index contributed by atoms with van der Waals surface area (Å²) < 4.78 is 0. The summed E-state index contributed by atoms with van der Waals surface area (Å²) in [4.78, 5) is 10.4. The molecule has 0 amide bonds. The minimum absolute atomic E-state index is 0.126. The molecule has 3 atom stereocenters. The van der Waals surface area contributed by atoms with Crippen molar-refractivity contribution in [1.29, 1.82) is 0 Å². The number of rotatable bonds is 4. The SMILES string of the molecule is C[C@H](N=C1N2CCC[C@H]2CN1[C@@H](C)c1ccccc1)c1cccc2ccccc12. The van der Waals surface area contributed by atoms with Crippen molar-refractivity contribution in [2.45, 2.75) is 44.8 Å². The molecule has 0 N–H and O–H groups in total. The van der Waals surface area contributed by atoms with Crippen molar-refractivity contribution in [3.05, 3.63) is 83.9 Å². The summed E-state index contributed by atoms with van der Waals surface area (Å²) in [6.45, 7) is 6.76. The minimum Gasteiger partial charge on any atom is -0.338 e. The van der Waals surface area contributed by atoms with Gasteiger partial charge in [0.05, 0.1) is 12.1 Å². The second-order valence-corrected chi connectivity index (χ2v) is 8.40. The second kappa shape index (κ2) is 7.55. The van der Waals surface area contributed by atoms with Gasteiger partial charge in [-0.15, -0.1) is 0 Å². The Morgan fingerprint density at radius 3 is 2.52 bits per heavy atom. The molecule has 3 nitrogen and oxygen atoms in total. The summed E-state index contributed by atoms with van der Waals surface area (Å²) in [6, 6.07) is 27.1. The zero-order valence-electron chi connectivity index (χ0n) is 17.3. The predicted octanol–water partition coefficient (Wildman–Crippen LogP) is 5.80. The fourth-order valence-electron chi connectivity index (χ4n) is 5.01. The number of hydrogen-bond donors (Lipinski definition) is 0. The van der Waals surface area contributed by atoms with E-state index in [-0.39, 0.29) is 6.04 Å².